The van der Waals surface area contributed by atoms with Crippen molar-refractivity contribution in [1.29, 1.82) is 0 Å². The highest BCUT2D eigenvalue weighted by Gasteiger charge is 2.40. The second-order valence-corrected chi connectivity index (χ2v) is 6.84. The number of rotatable bonds is 7. The van der Waals surface area contributed by atoms with Crippen LogP contribution in [0.2, 0.25) is 0 Å². The Bertz CT molecular complexity index is 462. The zero-order valence-corrected chi connectivity index (χ0v) is 12.8. The predicted molar refractivity (Wildman–Crippen MR) is 82.3 cm³/mol. The van der Waals surface area contributed by atoms with Gasteiger partial charge in [0.2, 0.25) is 0 Å². The third-order valence-corrected chi connectivity index (χ3v) is 5.62. The summed E-state index contributed by atoms with van der Waals surface area (Å²) >= 11 is 0. The van der Waals surface area contributed by atoms with E-state index >= 15 is 0 Å². The highest BCUT2D eigenvalue weighted by molar-refractivity contribution is 6.12. The van der Waals surface area contributed by atoms with E-state index in [1.165, 1.54) is 42.7 Å². The normalized spacial score (nSPS) is 33.7. The summed E-state index contributed by atoms with van der Waals surface area (Å²) in [6.07, 6.45) is 14.9. The Balaban J connectivity index is 1.28. The molecule has 114 valence electrons. The van der Waals surface area contributed by atoms with Crippen LogP contribution in [-0.4, -0.2) is 23.3 Å². The molecule has 0 aromatic rings. The molecule has 1 heterocycles. The molecule has 4 atom stereocenters. The van der Waals surface area contributed by atoms with Crippen LogP contribution in [0.25, 0.3) is 0 Å². The summed E-state index contributed by atoms with van der Waals surface area (Å²) in [6, 6.07) is 0. The Kier molecular flexibility index (Phi) is 4.27. The third-order valence-electron chi connectivity index (χ3n) is 5.62. The SMILES string of the molecule is CC1C2C=CC(C2)C1CCCCCCN1C(=O)C=CC1=O. The Morgan fingerprint density at radius 2 is 1.67 bits per heavy atom. The number of amides is 2. The molecule has 0 aromatic heterocycles. The number of imide groups is 1. The van der Waals surface area contributed by atoms with Gasteiger partial charge in [0.1, 0.15) is 0 Å². The van der Waals surface area contributed by atoms with Crippen molar-refractivity contribution in [3.8, 4) is 0 Å². The Hall–Kier alpha value is -1.38. The van der Waals surface area contributed by atoms with Gasteiger partial charge in [-0.2, -0.15) is 0 Å². The van der Waals surface area contributed by atoms with Crippen molar-refractivity contribution in [3.05, 3.63) is 24.3 Å². The van der Waals surface area contributed by atoms with Crippen LogP contribution in [0.15, 0.2) is 24.3 Å². The van der Waals surface area contributed by atoms with Crippen LogP contribution in [0.3, 0.4) is 0 Å². The van der Waals surface area contributed by atoms with Gasteiger partial charge in [-0.15, -0.1) is 0 Å². The van der Waals surface area contributed by atoms with E-state index < -0.39 is 0 Å². The topological polar surface area (TPSA) is 37.4 Å². The first-order chi connectivity index (χ1) is 10.2. The lowest BCUT2D eigenvalue weighted by molar-refractivity contribution is -0.136. The van der Waals surface area contributed by atoms with Gasteiger partial charge >= 0.3 is 0 Å². The molecule has 4 unspecified atom stereocenters. The molecular weight excluding hydrogens is 262 g/mol. The van der Waals surface area contributed by atoms with Gasteiger partial charge in [-0.25, -0.2) is 0 Å². The molecular formula is C18H25NO2. The van der Waals surface area contributed by atoms with Crippen LogP contribution in [-0.2, 0) is 9.59 Å². The summed E-state index contributed by atoms with van der Waals surface area (Å²) in [7, 11) is 0. The standard InChI is InChI=1S/C18H25NO2/c1-13-14-7-8-15(12-14)16(13)6-4-2-3-5-11-19-17(20)9-10-18(19)21/h7-10,13-16H,2-6,11-12H2,1H3. The molecule has 3 nitrogen and oxygen atoms in total. The fourth-order valence-corrected chi connectivity index (χ4v) is 4.30. The Labute approximate surface area is 127 Å². The largest absolute Gasteiger partial charge is 0.275 e. The maximum Gasteiger partial charge on any atom is 0.253 e. The smallest absolute Gasteiger partial charge is 0.253 e. The van der Waals surface area contributed by atoms with Gasteiger partial charge in [0.25, 0.3) is 11.8 Å². The van der Waals surface area contributed by atoms with Crippen molar-refractivity contribution in [2.45, 2.75) is 45.4 Å². The number of allylic oxidation sites excluding steroid dienone is 2. The minimum atomic E-state index is -0.150. The number of carbonyl (C=O) groups excluding carboxylic acids is 2. The summed E-state index contributed by atoms with van der Waals surface area (Å²) < 4.78 is 0. The van der Waals surface area contributed by atoms with Crippen LogP contribution in [0.4, 0.5) is 0 Å². The molecule has 1 fully saturated rings. The molecule has 0 aromatic carbocycles. The first-order valence-corrected chi connectivity index (χ1v) is 8.38. The van der Waals surface area contributed by atoms with E-state index in [-0.39, 0.29) is 11.8 Å². The molecule has 0 saturated heterocycles. The van der Waals surface area contributed by atoms with Gasteiger partial charge in [0, 0.05) is 18.7 Å². The molecule has 2 aliphatic carbocycles. The van der Waals surface area contributed by atoms with Crippen LogP contribution in [0, 0.1) is 23.7 Å². The number of nitrogens with zero attached hydrogens (tertiary/aromatic N) is 1. The van der Waals surface area contributed by atoms with E-state index in [0.29, 0.717) is 6.54 Å². The molecule has 0 radical (unpaired) electrons. The van der Waals surface area contributed by atoms with Gasteiger partial charge in [-0.3, -0.25) is 14.5 Å². The first-order valence-electron chi connectivity index (χ1n) is 8.38. The molecule has 2 bridgehead atoms. The minimum absolute atomic E-state index is 0.150. The maximum atomic E-state index is 11.4. The number of hydrogen-bond acceptors (Lipinski definition) is 2. The highest BCUT2D eigenvalue weighted by Crippen LogP contribution is 2.49. The second kappa shape index (κ2) is 6.17. The van der Waals surface area contributed by atoms with Crippen LogP contribution < -0.4 is 0 Å². The zero-order valence-electron chi connectivity index (χ0n) is 12.8. The van der Waals surface area contributed by atoms with E-state index in [9.17, 15) is 9.59 Å². The molecule has 3 rings (SSSR count). The summed E-state index contributed by atoms with van der Waals surface area (Å²) in [5.41, 5.74) is 0. The van der Waals surface area contributed by atoms with Crippen molar-refractivity contribution in [3.63, 3.8) is 0 Å². The van der Waals surface area contributed by atoms with Gasteiger partial charge < -0.3 is 0 Å². The van der Waals surface area contributed by atoms with E-state index in [0.717, 1.165) is 36.5 Å². The highest BCUT2D eigenvalue weighted by atomic mass is 16.2. The van der Waals surface area contributed by atoms with Gasteiger partial charge in [-0.05, 0) is 42.9 Å². The first kappa shape index (κ1) is 14.6. The fraction of sp³-hybridized carbons (Fsp3) is 0.667. The molecule has 3 aliphatic rings. The summed E-state index contributed by atoms with van der Waals surface area (Å²) in [4.78, 5) is 24.1. The van der Waals surface area contributed by atoms with Crippen molar-refractivity contribution in [2.75, 3.05) is 6.54 Å². The molecule has 0 spiro atoms. The Morgan fingerprint density at radius 1 is 1.00 bits per heavy atom. The number of carbonyl (C=O) groups is 2. The van der Waals surface area contributed by atoms with E-state index in [1.807, 2.05) is 0 Å². The van der Waals surface area contributed by atoms with Gasteiger partial charge in [0.05, 0.1) is 0 Å². The monoisotopic (exact) mass is 287 g/mol. The average Bonchev–Trinajstić information content (AvgIpc) is 3.13. The average molecular weight is 287 g/mol. The zero-order chi connectivity index (χ0) is 14.8. The molecule has 21 heavy (non-hydrogen) atoms. The lowest BCUT2D eigenvalue weighted by Gasteiger charge is -2.24. The van der Waals surface area contributed by atoms with Crippen LogP contribution in [0.1, 0.15) is 45.4 Å². The minimum Gasteiger partial charge on any atom is -0.275 e. The lowest BCUT2D eigenvalue weighted by Crippen LogP contribution is -2.30. The quantitative estimate of drug-likeness (QED) is 0.409. The van der Waals surface area contributed by atoms with E-state index in [2.05, 4.69) is 19.1 Å². The summed E-state index contributed by atoms with van der Waals surface area (Å²) in [5, 5.41) is 0. The summed E-state index contributed by atoms with van der Waals surface area (Å²) in [6.45, 7) is 2.99. The molecule has 1 saturated carbocycles. The van der Waals surface area contributed by atoms with Crippen LogP contribution in [0.5, 0.6) is 0 Å². The van der Waals surface area contributed by atoms with E-state index in [1.54, 1.807) is 0 Å². The number of unbranched alkanes of at least 4 members (excludes halogenated alkanes) is 3. The maximum absolute atomic E-state index is 11.4. The van der Waals surface area contributed by atoms with Crippen molar-refractivity contribution in [1.82, 2.24) is 4.90 Å². The van der Waals surface area contributed by atoms with Crippen molar-refractivity contribution < 1.29 is 9.59 Å². The van der Waals surface area contributed by atoms with Crippen LogP contribution >= 0.6 is 0 Å². The summed E-state index contributed by atoms with van der Waals surface area (Å²) in [5.74, 6) is 3.15. The molecule has 3 heteroatoms. The van der Waals surface area contributed by atoms with Gasteiger partial charge in [0.15, 0.2) is 0 Å². The third kappa shape index (κ3) is 2.97. The fourth-order valence-electron chi connectivity index (χ4n) is 4.30. The van der Waals surface area contributed by atoms with Crippen molar-refractivity contribution in [2.24, 2.45) is 23.7 Å². The second-order valence-electron chi connectivity index (χ2n) is 6.84. The van der Waals surface area contributed by atoms with Crippen molar-refractivity contribution >= 4 is 11.8 Å². The van der Waals surface area contributed by atoms with Gasteiger partial charge in [-0.1, -0.05) is 38.3 Å². The number of hydrogen-bond donors (Lipinski definition) is 0. The predicted octanol–water partition coefficient (Wildman–Crippen LogP) is 3.32. The Morgan fingerprint density at radius 3 is 2.33 bits per heavy atom. The van der Waals surface area contributed by atoms with E-state index in [4.69, 9.17) is 0 Å². The number of fused-ring (bicyclic) bond motifs is 2. The molecule has 1 aliphatic heterocycles. The lowest BCUT2D eigenvalue weighted by atomic mass is 9.81. The molecule has 2 amide bonds. The molecule has 0 N–H and O–H groups in total.